The first-order valence-corrected chi connectivity index (χ1v) is 15.9. The average molecular weight is 476 g/mol. The third-order valence-corrected chi connectivity index (χ3v) is 7.60. The SMILES string of the molecule is CCCCCCCCCCCCCC[n+]1ccn(CCCCCCCCCC)c1CCCCC. The Morgan fingerprint density at radius 2 is 0.912 bits per heavy atom. The first-order chi connectivity index (χ1) is 16.8. The molecule has 0 N–H and O–H groups in total. The summed E-state index contributed by atoms with van der Waals surface area (Å²) < 4.78 is 5.18. The second-order valence-corrected chi connectivity index (χ2v) is 10.9. The molecule has 200 valence electrons. The number of hydrogen-bond donors (Lipinski definition) is 0. The Morgan fingerprint density at radius 3 is 1.41 bits per heavy atom. The fourth-order valence-electron chi connectivity index (χ4n) is 5.26. The van der Waals surface area contributed by atoms with Crippen LogP contribution in [-0.4, -0.2) is 4.57 Å². The van der Waals surface area contributed by atoms with Gasteiger partial charge >= 0.3 is 0 Å². The van der Waals surface area contributed by atoms with E-state index in [-0.39, 0.29) is 0 Å². The Bertz CT molecular complexity index is 533. The van der Waals surface area contributed by atoms with Crippen LogP contribution in [0.4, 0.5) is 0 Å². The van der Waals surface area contributed by atoms with Crippen molar-refractivity contribution in [2.45, 2.75) is 188 Å². The van der Waals surface area contributed by atoms with Crippen LogP contribution < -0.4 is 4.57 Å². The maximum absolute atomic E-state index is 2.59. The highest BCUT2D eigenvalue weighted by Crippen LogP contribution is 2.13. The number of nitrogens with zero attached hydrogens (tertiary/aromatic N) is 2. The maximum Gasteiger partial charge on any atom is 0.256 e. The Morgan fingerprint density at radius 1 is 0.500 bits per heavy atom. The molecule has 0 spiro atoms. The van der Waals surface area contributed by atoms with Crippen LogP contribution in [-0.2, 0) is 19.5 Å². The Hall–Kier alpha value is -0.790. The van der Waals surface area contributed by atoms with E-state index in [1.165, 1.54) is 167 Å². The second-order valence-electron chi connectivity index (χ2n) is 10.9. The zero-order chi connectivity index (χ0) is 24.5. The summed E-state index contributed by atoms with van der Waals surface area (Å²) in [7, 11) is 0. The van der Waals surface area contributed by atoms with Gasteiger partial charge in [0.1, 0.15) is 12.4 Å². The summed E-state index contributed by atoms with van der Waals surface area (Å²) in [6, 6.07) is 0. The van der Waals surface area contributed by atoms with Crippen LogP contribution in [0, 0.1) is 0 Å². The van der Waals surface area contributed by atoms with Crippen LogP contribution in [0.1, 0.15) is 174 Å². The molecular formula is C32H63N2+. The Balaban J connectivity index is 2.21. The van der Waals surface area contributed by atoms with Crippen LogP contribution in [0.2, 0.25) is 0 Å². The lowest BCUT2D eigenvalue weighted by Gasteiger charge is -2.06. The van der Waals surface area contributed by atoms with Crippen molar-refractivity contribution in [2.24, 2.45) is 0 Å². The van der Waals surface area contributed by atoms with E-state index in [2.05, 4.69) is 42.3 Å². The fourth-order valence-corrected chi connectivity index (χ4v) is 5.26. The zero-order valence-electron chi connectivity index (χ0n) is 23.9. The van der Waals surface area contributed by atoms with Crippen molar-refractivity contribution < 1.29 is 4.57 Å². The standard InChI is InChI=1S/C32H63N2/c1-4-7-10-12-14-16-17-18-19-21-23-26-29-34-31-30-33(32(34)27-24-9-6-3)28-25-22-20-15-13-11-8-5-2/h30-31H,4-29H2,1-3H3/q+1. The van der Waals surface area contributed by atoms with Crippen molar-refractivity contribution in [1.82, 2.24) is 4.57 Å². The zero-order valence-corrected chi connectivity index (χ0v) is 23.9. The van der Waals surface area contributed by atoms with Gasteiger partial charge in [-0.05, 0) is 32.1 Å². The molecule has 0 saturated heterocycles. The summed E-state index contributed by atoms with van der Waals surface area (Å²) in [6.45, 7) is 9.38. The molecule has 0 saturated carbocycles. The van der Waals surface area contributed by atoms with E-state index in [1.54, 1.807) is 5.82 Å². The highest BCUT2D eigenvalue weighted by atomic mass is 15.1. The summed E-state index contributed by atoms with van der Waals surface area (Å²) >= 11 is 0. The maximum atomic E-state index is 2.59. The van der Waals surface area contributed by atoms with Gasteiger partial charge in [0.05, 0.1) is 13.1 Å². The largest absolute Gasteiger partial charge is 0.256 e. The highest BCUT2D eigenvalue weighted by molar-refractivity contribution is 4.84. The summed E-state index contributed by atoms with van der Waals surface area (Å²) in [5.74, 6) is 1.60. The predicted molar refractivity (Wildman–Crippen MR) is 152 cm³/mol. The Kier molecular flexibility index (Phi) is 22.0. The Labute approximate surface area is 215 Å². The lowest BCUT2D eigenvalue weighted by molar-refractivity contribution is -0.704. The number of rotatable bonds is 26. The minimum absolute atomic E-state index is 1.22. The lowest BCUT2D eigenvalue weighted by atomic mass is 10.1. The van der Waals surface area contributed by atoms with Crippen molar-refractivity contribution in [3.63, 3.8) is 0 Å². The van der Waals surface area contributed by atoms with Crippen molar-refractivity contribution >= 4 is 0 Å². The van der Waals surface area contributed by atoms with Gasteiger partial charge in [-0.1, -0.05) is 136 Å². The van der Waals surface area contributed by atoms with Gasteiger partial charge in [0.15, 0.2) is 0 Å². The molecule has 0 fully saturated rings. The topological polar surface area (TPSA) is 8.81 Å². The van der Waals surface area contributed by atoms with Gasteiger partial charge in [0, 0.05) is 6.42 Å². The molecule has 1 rings (SSSR count). The van der Waals surface area contributed by atoms with Crippen LogP contribution in [0.5, 0.6) is 0 Å². The van der Waals surface area contributed by atoms with Gasteiger partial charge in [0.25, 0.3) is 5.82 Å². The predicted octanol–water partition coefficient (Wildman–Crippen LogP) is 10.4. The van der Waals surface area contributed by atoms with E-state index < -0.39 is 0 Å². The minimum Gasteiger partial charge on any atom is -0.234 e. The molecule has 34 heavy (non-hydrogen) atoms. The van der Waals surface area contributed by atoms with E-state index in [9.17, 15) is 0 Å². The molecule has 0 radical (unpaired) electrons. The number of imidazole rings is 1. The molecule has 0 aromatic carbocycles. The molecule has 2 heteroatoms. The number of aromatic nitrogens is 2. The monoisotopic (exact) mass is 475 g/mol. The van der Waals surface area contributed by atoms with Crippen LogP contribution in [0.15, 0.2) is 12.4 Å². The van der Waals surface area contributed by atoms with Gasteiger partial charge < -0.3 is 0 Å². The van der Waals surface area contributed by atoms with Gasteiger partial charge in [-0.2, -0.15) is 0 Å². The molecule has 0 aliphatic carbocycles. The van der Waals surface area contributed by atoms with Gasteiger partial charge in [-0.3, -0.25) is 0 Å². The van der Waals surface area contributed by atoms with E-state index in [0.717, 1.165) is 0 Å². The summed E-state index contributed by atoms with van der Waals surface area (Å²) in [4.78, 5) is 0. The summed E-state index contributed by atoms with van der Waals surface area (Å²) in [6.07, 6.45) is 38.5. The van der Waals surface area contributed by atoms with Gasteiger partial charge in [0.2, 0.25) is 0 Å². The molecular weight excluding hydrogens is 412 g/mol. The molecule has 0 unspecified atom stereocenters. The van der Waals surface area contributed by atoms with E-state index in [0.29, 0.717) is 0 Å². The summed E-state index contributed by atoms with van der Waals surface area (Å²) in [5, 5.41) is 0. The molecule has 2 nitrogen and oxygen atoms in total. The molecule has 1 aromatic rings. The van der Waals surface area contributed by atoms with Crippen LogP contribution in [0.25, 0.3) is 0 Å². The first-order valence-electron chi connectivity index (χ1n) is 15.9. The molecule has 0 aliphatic heterocycles. The van der Waals surface area contributed by atoms with E-state index >= 15 is 0 Å². The number of hydrogen-bond acceptors (Lipinski definition) is 0. The van der Waals surface area contributed by atoms with Crippen molar-refractivity contribution in [2.75, 3.05) is 0 Å². The van der Waals surface area contributed by atoms with E-state index in [4.69, 9.17) is 0 Å². The quantitative estimate of drug-likeness (QED) is 0.0930. The molecule has 0 amide bonds. The molecule has 0 bridgehead atoms. The normalized spacial score (nSPS) is 11.5. The molecule has 0 atom stereocenters. The lowest BCUT2D eigenvalue weighted by Crippen LogP contribution is -2.37. The van der Waals surface area contributed by atoms with Crippen molar-refractivity contribution in [1.29, 1.82) is 0 Å². The first kappa shape index (κ1) is 31.2. The smallest absolute Gasteiger partial charge is 0.234 e. The van der Waals surface area contributed by atoms with E-state index in [1.807, 2.05) is 0 Å². The minimum atomic E-state index is 1.22. The van der Waals surface area contributed by atoms with Crippen LogP contribution in [0.3, 0.4) is 0 Å². The van der Waals surface area contributed by atoms with Crippen molar-refractivity contribution in [3.8, 4) is 0 Å². The molecule has 0 aliphatic rings. The highest BCUT2D eigenvalue weighted by Gasteiger charge is 2.16. The fraction of sp³-hybridized carbons (Fsp3) is 0.906. The van der Waals surface area contributed by atoms with Crippen LogP contribution >= 0.6 is 0 Å². The molecule has 1 aromatic heterocycles. The third kappa shape index (κ3) is 16.8. The second kappa shape index (κ2) is 23.9. The number of unbranched alkanes of at least 4 members (excludes halogenated alkanes) is 20. The van der Waals surface area contributed by atoms with Gasteiger partial charge in [-0.15, -0.1) is 0 Å². The van der Waals surface area contributed by atoms with Gasteiger partial charge in [-0.25, -0.2) is 9.13 Å². The average Bonchev–Trinajstić information content (AvgIpc) is 3.23. The number of aryl methyl sites for hydroxylation is 2. The summed E-state index contributed by atoms with van der Waals surface area (Å²) in [5.41, 5.74) is 0. The van der Waals surface area contributed by atoms with Crippen molar-refractivity contribution in [3.05, 3.63) is 18.2 Å². The molecule has 1 heterocycles. The third-order valence-electron chi connectivity index (χ3n) is 7.60.